The van der Waals surface area contributed by atoms with Crippen molar-refractivity contribution in [1.82, 2.24) is 15.1 Å². The van der Waals surface area contributed by atoms with E-state index in [2.05, 4.69) is 44.4 Å². The van der Waals surface area contributed by atoms with Crippen molar-refractivity contribution >= 4 is 5.96 Å². The molecule has 5 heteroatoms. The lowest BCUT2D eigenvalue weighted by Gasteiger charge is -2.22. The maximum atomic E-state index is 5.30. The zero-order chi connectivity index (χ0) is 18.9. The molecule has 1 unspecified atom stereocenters. The fraction of sp³-hybridized carbons (Fsp3) is 0.682. The van der Waals surface area contributed by atoms with Crippen molar-refractivity contribution in [2.24, 2.45) is 10.9 Å². The summed E-state index contributed by atoms with van der Waals surface area (Å²) >= 11 is 0. The lowest BCUT2D eigenvalue weighted by Crippen LogP contribution is -2.39. The highest BCUT2D eigenvalue weighted by Crippen LogP contribution is 2.17. The molecule has 0 amide bonds. The molecule has 0 saturated carbocycles. The first-order valence-electron chi connectivity index (χ1n) is 10.5. The highest BCUT2D eigenvalue weighted by atomic mass is 16.5. The van der Waals surface area contributed by atoms with Gasteiger partial charge in [0.05, 0.1) is 6.61 Å². The molecule has 0 bridgehead atoms. The molecule has 2 aliphatic heterocycles. The number of nitrogens with one attached hydrogen (secondary N) is 1. The largest absolute Gasteiger partial charge is 0.384 e. The molecule has 1 aromatic rings. The van der Waals surface area contributed by atoms with E-state index in [1.807, 2.05) is 7.05 Å². The van der Waals surface area contributed by atoms with Crippen LogP contribution in [0.3, 0.4) is 0 Å². The number of ether oxygens (including phenoxy) is 1. The molecule has 0 spiro atoms. The molecule has 27 heavy (non-hydrogen) atoms. The number of nitrogens with zero attached hydrogens (tertiary/aromatic N) is 3. The number of hydrogen-bond donors (Lipinski definition) is 1. The molecule has 2 saturated heterocycles. The first-order chi connectivity index (χ1) is 13.3. The van der Waals surface area contributed by atoms with Crippen molar-refractivity contribution in [3.05, 3.63) is 35.4 Å². The van der Waals surface area contributed by atoms with Gasteiger partial charge in [-0.05, 0) is 43.5 Å². The van der Waals surface area contributed by atoms with Crippen molar-refractivity contribution in [3.63, 3.8) is 0 Å². The van der Waals surface area contributed by atoms with E-state index in [0.29, 0.717) is 5.92 Å². The number of likely N-dealkylation sites (tertiary alicyclic amines) is 2. The predicted molar refractivity (Wildman–Crippen MR) is 112 cm³/mol. The van der Waals surface area contributed by atoms with Gasteiger partial charge in [0.1, 0.15) is 0 Å². The molecule has 5 nitrogen and oxygen atoms in total. The summed E-state index contributed by atoms with van der Waals surface area (Å²) in [5.74, 6) is 1.62. The van der Waals surface area contributed by atoms with Crippen LogP contribution in [0.15, 0.2) is 29.3 Å². The van der Waals surface area contributed by atoms with Crippen LogP contribution in [-0.4, -0.2) is 62.7 Å². The minimum absolute atomic E-state index is 0.617. The SMILES string of the molecule is CN=C(NCc1ccc(CN2CCCCCC2)cc1)N1CCC(COC)C1. The standard InChI is InChI=1S/C22H36N4O/c1-23-22(26-14-11-21(17-26)18-27-2)24-15-19-7-9-20(10-8-19)16-25-12-5-3-4-6-13-25/h7-10,21H,3-6,11-18H2,1-2H3,(H,23,24). The van der Waals surface area contributed by atoms with Gasteiger partial charge in [0, 0.05) is 46.3 Å². The lowest BCUT2D eigenvalue weighted by atomic mass is 10.1. The summed E-state index contributed by atoms with van der Waals surface area (Å²) in [4.78, 5) is 9.42. The Morgan fingerprint density at radius 2 is 1.78 bits per heavy atom. The summed E-state index contributed by atoms with van der Waals surface area (Å²) in [6.45, 7) is 7.34. The summed E-state index contributed by atoms with van der Waals surface area (Å²) in [5, 5.41) is 3.52. The second-order valence-electron chi connectivity index (χ2n) is 7.96. The first kappa shape index (κ1) is 20.2. The van der Waals surface area contributed by atoms with Crippen molar-refractivity contribution in [1.29, 1.82) is 0 Å². The average molecular weight is 373 g/mol. The fourth-order valence-corrected chi connectivity index (χ4v) is 4.23. The molecule has 0 aromatic heterocycles. The Balaban J connectivity index is 1.46. The number of guanidine groups is 1. The number of hydrogen-bond acceptors (Lipinski definition) is 3. The Morgan fingerprint density at radius 3 is 2.44 bits per heavy atom. The lowest BCUT2D eigenvalue weighted by molar-refractivity contribution is 0.157. The summed E-state index contributed by atoms with van der Waals surface area (Å²) in [7, 11) is 3.66. The van der Waals surface area contributed by atoms with Crippen LogP contribution < -0.4 is 5.32 Å². The molecule has 3 rings (SSSR count). The third-order valence-corrected chi connectivity index (χ3v) is 5.78. The van der Waals surface area contributed by atoms with Crippen LogP contribution in [0.5, 0.6) is 0 Å². The zero-order valence-electron chi connectivity index (χ0n) is 17.1. The van der Waals surface area contributed by atoms with Crippen molar-refractivity contribution in [2.45, 2.75) is 45.2 Å². The maximum absolute atomic E-state index is 5.30. The second kappa shape index (κ2) is 10.7. The molecule has 1 aromatic carbocycles. The van der Waals surface area contributed by atoms with Crippen LogP contribution >= 0.6 is 0 Å². The number of methoxy groups -OCH3 is 1. The van der Waals surface area contributed by atoms with E-state index in [0.717, 1.165) is 38.7 Å². The average Bonchev–Trinajstić information content (AvgIpc) is 2.99. The van der Waals surface area contributed by atoms with Gasteiger partial charge in [0.25, 0.3) is 0 Å². The fourth-order valence-electron chi connectivity index (χ4n) is 4.23. The van der Waals surface area contributed by atoms with Crippen molar-refractivity contribution in [3.8, 4) is 0 Å². The van der Waals surface area contributed by atoms with Gasteiger partial charge in [-0.2, -0.15) is 0 Å². The van der Waals surface area contributed by atoms with E-state index < -0.39 is 0 Å². The number of aliphatic imine (C=N–C) groups is 1. The van der Waals surface area contributed by atoms with E-state index in [1.165, 1.54) is 56.3 Å². The van der Waals surface area contributed by atoms with Crippen molar-refractivity contribution in [2.75, 3.05) is 46.9 Å². The number of benzene rings is 1. The van der Waals surface area contributed by atoms with Crippen LogP contribution in [0.4, 0.5) is 0 Å². The molecule has 150 valence electrons. The smallest absolute Gasteiger partial charge is 0.193 e. The van der Waals surface area contributed by atoms with Gasteiger partial charge in [0.2, 0.25) is 0 Å². The highest BCUT2D eigenvalue weighted by molar-refractivity contribution is 5.80. The molecule has 0 aliphatic carbocycles. The van der Waals surface area contributed by atoms with E-state index in [1.54, 1.807) is 7.11 Å². The molecule has 1 N–H and O–H groups in total. The molecular formula is C22H36N4O. The zero-order valence-corrected chi connectivity index (χ0v) is 17.1. The van der Waals surface area contributed by atoms with E-state index in [-0.39, 0.29) is 0 Å². The topological polar surface area (TPSA) is 40.1 Å². The highest BCUT2D eigenvalue weighted by Gasteiger charge is 2.24. The van der Waals surface area contributed by atoms with E-state index >= 15 is 0 Å². The van der Waals surface area contributed by atoms with Crippen LogP contribution in [0.2, 0.25) is 0 Å². The Kier molecular flexibility index (Phi) is 7.96. The third-order valence-electron chi connectivity index (χ3n) is 5.78. The van der Waals surface area contributed by atoms with Gasteiger partial charge in [-0.15, -0.1) is 0 Å². The van der Waals surface area contributed by atoms with Crippen molar-refractivity contribution < 1.29 is 4.74 Å². The van der Waals surface area contributed by atoms with E-state index in [4.69, 9.17) is 4.74 Å². The minimum atomic E-state index is 0.617. The van der Waals surface area contributed by atoms with Crippen LogP contribution in [-0.2, 0) is 17.8 Å². The summed E-state index contributed by atoms with van der Waals surface area (Å²) in [5.41, 5.74) is 2.73. The predicted octanol–water partition coefficient (Wildman–Crippen LogP) is 3.11. The van der Waals surface area contributed by atoms with E-state index in [9.17, 15) is 0 Å². The van der Waals surface area contributed by atoms with Crippen LogP contribution in [0, 0.1) is 5.92 Å². The molecular weight excluding hydrogens is 336 g/mol. The first-order valence-corrected chi connectivity index (χ1v) is 10.5. The molecule has 1 atom stereocenters. The van der Waals surface area contributed by atoms with Gasteiger partial charge in [-0.25, -0.2) is 0 Å². The minimum Gasteiger partial charge on any atom is -0.384 e. The monoisotopic (exact) mass is 372 g/mol. The molecule has 0 radical (unpaired) electrons. The summed E-state index contributed by atoms with van der Waals surface area (Å²) in [6.07, 6.45) is 6.67. The van der Waals surface area contributed by atoms with Gasteiger partial charge in [-0.3, -0.25) is 9.89 Å². The van der Waals surface area contributed by atoms with Crippen LogP contribution in [0.25, 0.3) is 0 Å². The molecule has 2 fully saturated rings. The van der Waals surface area contributed by atoms with Crippen LogP contribution in [0.1, 0.15) is 43.2 Å². The summed E-state index contributed by atoms with van der Waals surface area (Å²) in [6, 6.07) is 9.08. The Labute approximate surface area is 164 Å². The Morgan fingerprint density at radius 1 is 1.07 bits per heavy atom. The van der Waals surface area contributed by atoms with Gasteiger partial charge in [0.15, 0.2) is 5.96 Å². The molecule has 2 heterocycles. The Hall–Kier alpha value is -1.59. The third kappa shape index (κ3) is 6.22. The molecule has 2 aliphatic rings. The van der Waals surface area contributed by atoms with Gasteiger partial charge < -0.3 is 15.0 Å². The second-order valence-corrected chi connectivity index (χ2v) is 7.96. The number of rotatable bonds is 6. The normalized spacial score (nSPS) is 22.1. The Bertz CT molecular complexity index is 578. The maximum Gasteiger partial charge on any atom is 0.193 e. The van der Waals surface area contributed by atoms with Gasteiger partial charge in [-0.1, -0.05) is 37.1 Å². The van der Waals surface area contributed by atoms with Gasteiger partial charge >= 0.3 is 0 Å². The summed E-state index contributed by atoms with van der Waals surface area (Å²) < 4.78 is 5.30. The quantitative estimate of drug-likeness (QED) is 0.615.